The number of nitro benzene ring substituents is 1. The van der Waals surface area contributed by atoms with E-state index in [1.165, 1.54) is 18.2 Å². The third kappa shape index (κ3) is 4.79. The van der Waals surface area contributed by atoms with Gasteiger partial charge in [-0.25, -0.2) is 9.69 Å². The number of nitro groups is 1. The number of urea groups is 1. The van der Waals surface area contributed by atoms with E-state index in [4.69, 9.17) is 4.42 Å². The first-order valence-corrected chi connectivity index (χ1v) is 9.86. The second-order valence-electron chi connectivity index (χ2n) is 7.30. The summed E-state index contributed by atoms with van der Waals surface area (Å²) in [6.07, 6.45) is 1.35. The number of nitrogens with one attached hydrogen (secondary N) is 2. The Balaban J connectivity index is 1.44. The van der Waals surface area contributed by atoms with Gasteiger partial charge in [0.15, 0.2) is 0 Å². The summed E-state index contributed by atoms with van der Waals surface area (Å²) < 4.78 is 5.67. The molecule has 0 bridgehead atoms. The number of aryl methyl sites for hydroxylation is 1. The summed E-state index contributed by atoms with van der Waals surface area (Å²) in [5.74, 6) is -0.447. The van der Waals surface area contributed by atoms with Crippen LogP contribution < -0.4 is 10.6 Å². The van der Waals surface area contributed by atoms with Gasteiger partial charge in [0.2, 0.25) is 5.91 Å². The van der Waals surface area contributed by atoms with Crippen molar-refractivity contribution in [3.63, 3.8) is 0 Å². The highest BCUT2D eigenvalue weighted by Gasteiger charge is 2.35. The highest BCUT2D eigenvalue weighted by molar-refractivity contribution is 6.15. The molecule has 33 heavy (non-hydrogen) atoms. The summed E-state index contributed by atoms with van der Waals surface area (Å²) in [6, 6.07) is 15.5. The molecule has 0 spiro atoms. The summed E-state index contributed by atoms with van der Waals surface area (Å²) in [5, 5.41) is 15.9. The van der Waals surface area contributed by atoms with Crippen molar-refractivity contribution in [2.75, 3.05) is 11.9 Å². The zero-order valence-corrected chi connectivity index (χ0v) is 17.4. The quantitative estimate of drug-likeness (QED) is 0.257. The first-order valence-electron chi connectivity index (χ1n) is 9.86. The number of hydrogen-bond acceptors (Lipinski definition) is 6. The van der Waals surface area contributed by atoms with Crippen LogP contribution in [0.15, 0.2) is 70.8 Å². The van der Waals surface area contributed by atoms with E-state index in [0.29, 0.717) is 17.0 Å². The number of carbonyl (C=O) groups excluding carboxylic acids is 3. The summed E-state index contributed by atoms with van der Waals surface area (Å²) in [5.41, 5.74) is 2.06. The number of benzene rings is 2. The van der Waals surface area contributed by atoms with Gasteiger partial charge in [-0.1, -0.05) is 12.1 Å². The molecule has 2 N–H and O–H groups in total. The summed E-state index contributed by atoms with van der Waals surface area (Å²) in [7, 11) is 0. The van der Waals surface area contributed by atoms with E-state index in [9.17, 15) is 24.5 Å². The van der Waals surface area contributed by atoms with Crippen LogP contribution >= 0.6 is 0 Å². The topological polar surface area (TPSA) is 135 Å². The highest BCUT2D eigenvalue weighted by Crippen LogP contribution is 2.26. The molecule has 1 aromatic heterocycles. The predicted octanol–water partition coefficient (Wildman–Crippen LogP) is 3.69. The van der Waals surface area contributed by atoms with Crippen LogP contribution in [0, 0.1) is 17.0 Å². The van der Waals surface area contributed by atoms with Crippen molar-refractivity contribution in [2.45, 2.75) is 6.92 Å². The Morgan fingerprint density at radius 2 is 1.91 bits per heavy atom. The minimum atomic E-state index is -0.715. The molecular formula is C23H18N4O6. The highest BCUT2D eigenvalue weighted by atomic mass is 16.6. The van der Waals surface area contributed by atoms with Gasteiger partial charge < -0.3 is 15.1 Å². The number of furan rings is 1. The van der Waals surface area contributed by atoms with Crippen molar-refractivity contribution in [1.82, 2.24) is 10.2 Å². The Kier molecular flexibility index (Phi) is 5.73. The van der Waals surface area contributed by atoms with Gasteiger partial charge in [0.05, 0.1) is 4.92 Å². The number of anilines is 1. The average molecular weight is 446 g/mol. The molecular weight excluding hydrogens is 428 g/mol. The van der Waals surface area contributed by atoms with E-state index < -0.39 is 29.3 Å². The van der Waals surface area contributed by atoms with Crippen LogP contribution in [0.1, 0.15) is 11.3 Å². The molecule has 1 saturated heterocycles. The molecule has 0 unspecified atom stereocenters. The molecule has 0 aliphatic carbocycles. The van der Waals surface area contributed by atoms with Gasteiger partial charge in [0, 0.05) is 29.5 Å². The molecule has 2 aromatic carbocycles. The lowest BCUT2D eigenvalue weighted by Crippen LogP contribution is -2.38. The van der Waals surface area contributed by atoms with Gasteiger partial charge in [-0.3, -0.25) is 19.7 Å². The summed E-state index contributed by atoms with van der Waals surface area (Å²) in [4.78, 5) is 48.2. The third-order valence-electron chi connectivity index (χ3n) is 4.84. The fourth-order valence-electron chi connectivity index (χ4n) is 3.26. The second kappa shape index (κ2) is 8.79. The molecule has 1 aliphatic heterocycles. The van der Waals surface area contributed by atoms with E-state index in [0.717, 1.165) is 10.5 Å². The number of carbonyl (C=O) groups is 3. The first kappa shape index (κ1) is 21.5. The summed E-state index contributed by atoms with van der Waals surface area (Å²) in [6.45, 7) is 1.44. The third-order valence-corrected chi connectivity index (χ3v) is 4.84. The average Bonchev–Trinajstić information content (AvgIpc) is 3.34. The van der Waals surface area contributed by atoms with Crippen LogP contribution in [0.2, 0.25) is 0 Å². The zero-order valence-electron chi connectivity index (χ0n) is 17.4. The Bertz CT molecular complexity index is 1290. The molecule has 1 fully saturated rings. The second-order valence-corrected chi connectivity index (χ2v) is 7.30. The molecule has 166 valence electrons. The Morgan fingerprint density at radius 3 is 2.61 bits per heavy atom. The van der Waals surface area contributed by atoms with Crippen LogP contribution in [0.5, 0.6) is 0 Å². The number of imide groups is 1. The molecule has 0 saturated carbocycles. The van der Waals surface area contributed by atoms with Crippen molar-refractivity contribution >= 4 is 35.3 Å². The van der Waals surface area contributed by atoms with Gasteiger partial charge >= 0.3 is 6.03 Å². The number of nitrogens with zero attached hydrogens (tertiary/aromatic N) is 2. The number of non-ortho nitro benzene ring substituents is 1. The molecule has 0 radical (unpaired) electrons. The van der Waals surface area contributed by atoms with E-state index in [1.54, 1.807) is 42.5 Å². The van der Waals surface area contributed by atoms with Crippen LogP contribution in [-0.4, -0.2) is 34.2 Å². The number of rotatable bonds is 6. The lowest BCUT2D eigenvalue weighted by atomic mass is 10.1. The molecule has 1 aliphatic rings. The Morgan fingerprint density at radius 1 is 1.15 bits per heavy atom. The maximum absolute atomic E-state index is 12.6. The smallest absolute Gasteiger partial charge is 0.329 e. The fourth-order valence-corrected chi connectivity index (χ4v) is 3.26. The fraction of sp³-hybridized carbons (Fsp3) is 0.0870. The molecule has 4 amide bonds. The Labute approximate surface area is 187 Å². The van der Waals surface area contributed by atoms with Gasteiger partial charge in [0.1, 0.15) is 23.8 Å². The first-order chi connectivity index (χ1) is 15.8. The standard InChI is InChI=1S/C23H18N4O6/c1-14-3-2-4-16(11-14)24-21(28)13-26-22(29)19(25-23(26)30)12-18-9-10-20(33-18)15-5-7-17(8-6-15)27(31)32/h2-12H,13H2,1H3,(H,24,28)(H,25,30)/b19-12-. The van der Waals surface area contributed by atoms with Crippen molar-refractivity contribution in [3.8, 4) is 11.3 Å². The molecule has 0 atom stereocenters. The van der Waals surface area contributed by atoms with Crippen molar-refractivity contribution in [3.05, 3.63) is 87.8 Å². The van der Waals surface area contributed by atoms with Gasteiger partial charge in [-0.05, 0) is 48.9 Å². The minimum absolute atomic E-state index is 0.0343. The summed E-state index contributed by atoms with van der Waals surface area (Å²) >= 11 is 0. The lowest BCUT2D eigenvalue weighted by Gasteiger charge is -2.12. The predicted molar refractivity (Wildman–Crippen MR) is 119 cm³/mol. The van der Waals surface area contributed by atoms with Crippen LogP contribution in [0.3, 0.4) is 0 Å². The molecule has 10 nitrogen and oxygen atoms in total. The van der Waals surface area contributed by atoms with Crippen LogP contribution in [0.25, 0.3) is 17.4 Å². The number of amides is 4. The largest absolute Gasteiger partial charge is 0.457 e. The van der Waals surface area contributed by atoms with Crippen LogP contribution in [0.4, 0.5) is 16.2 Å². The van der Waals surface area contributed by atoms with Crippen molar-refractivity contribution in [1.29, 1.82) is 0 Å². The van der Waals surface area contributed by atoms with E-state index in [2.05, 4.69) is 10.6 Å². The van der Waals surface area contributed by atoms with E-state index >= 15 is 0 Å². The van der Waals surface area contributed by atoms with Gasteiger partial charge in [-0.2, -0.15) is 0 Å². The zero-order chi connectivity index (χ0) is 23.5. The molecule has 2 heterocycles. The van der Waals surface area contributed by atoms with Crippen LogP contribution in [-0.2, 0) is 9.59 Å². The van der Waals surface area contributed by atoms with Crippen molar-refractivity contribution in [2.24, 2.45) is 0 Å². The van der Waals surface area contributed by atoms with Gasteiger partial charge in [0.25, 0.3) is 11.6 Å². The maximum atomic E-state index is 12.6. The van der Waals surface area contributed by atoms with E-state index in [1.807, 2.05) is 13.0 Å². The molecule has 3 aromatic rings. The monoisotopic (exact) mass is 446 g/mol. The van der Waals surface area contributed by atoms with E-state index in [-0.39, 0.29) is 17.1 Å². The lowest BCUT2D eigenvalue weighted by molar-refractivity contribution is -0.384. The molecule has 4 rings (SSSR count). The normalized spacial score (nSPS) is 14.5. The SMILES string of the molecule is Cc1cccc(NC(=O)CN2C(=O)N/C(=C\c3ccc(-c4ccc([N+](=O)[O-])cc4)o3)C2=O)c1. The Hall–Kier alpha value is -4.73. The van der Waals surface area contributed by atoms with Crippen molar-refractivity contribution < 1.29 is 23.7 Å². The maximum Gasteiger partial charge on any atom is 0.329 e. The molecule has 10 heteroatoms. The van der Waals surface area contributed by atoms with Gasteiger partial charge in [-0.15, -0.1) is 0 Å². The minimum Gasteiger partial charge on any atom is -0.457 e. The number of hydrogen-bond donors (Lipinski definition) is 2.